The van der Waals surface area contributed by atoms with Gasteiger partial charge in [-0.3, -0.25) is 5.73 Å². The van der Waals surface area contributed by atoms with E-state index in [1.165, 1.54) is 0 Å². The van der Waals surface area contributed by atoms with Crippen LogP contribution in [0.15, 0.2) is 18.2 Å². The summed E-state index contributed by atoms with van der Waals surface area (Å²) in [5, 5.41) is 13.2. The van der Waals surface area contributed by atoms with Gasteiger partial charge in [0.25, 0.3) is 0 Å². The number of fused-ring (bicyclic) bond motifs is 1. The van der Waals surface area contributed by atoms with Crippen molar-refractivity contribution in [3.05, 3.63) is 18.2 Å². The number of rotatable bonds is 1. The molecule has 4 N–H and O–H groups in total. The molecule has 1 aromatic rings. The van der Waals surface area contributed by atoms with Crippen LogP contribution < -0.4 is 25.4 Å². The number of aliphatic hydroxyl groups excluding tert-OH is 1. The largest absolute Gasteiger partial charge is 0.484 e. The van der Waals surface area contributed by atoms with Gasteiger partial charge in [-0.1, -0.05) is 6.07 Å². The fourth-order valence-electron chi connectivity index (χ4n) is 2.29. The Kier molecular flexibility index (Phi) is 2.99. The molecule has 0 radical (unpaired) electrons. The van der Waals surface area contributed by atoms with E-state index in [1.807, 2.05) is 23.1 Å². The van der Waals surface area contributed by atoms with Crippen LogP contribution in [0.2, 0.25) is 0 Å². The molecule has 0 amide bonds. The van der Waals surface area contributed by atoms with E-state index < -0.39 is 12.5 Å². The molecule has 2 unspecified atom stereocenters. The molecule has 2 atom stereocenters. The Morgan fingerprint density at radius 1 is 1.44 bits per heavy atom. The molecular weight excluding hydrogens is 234 g/mol. The first-order chi connectivity index (χ1) is 8.75. The summed E-state index contributed by atoms with van der Waals surface area (Å²) in [6.07, 6.45) is -1.02. The van der Waals surface area contributed by atoms with Gasteiger partial charge in [0.2, 0.25) is 0 Å². The zero-order chi connectivity index (χ0) is 12.5. The summed E-state index contributed by atoms with van der Waals surface area (Å²) in [6.45, 7) is 2.43. The number of hydrogen-bond acceptors (Lipinski definition) is 6. The number of para-hydroxylation sites is 1. The monoisotopic (exact) mass is 251 g/mol. The number of piperazine rings is 1. The van der Waals surface area contributed by atoms with E-state index in [0.29, 0.717) is 24.7 Å². The molecule has 0 saturated carbocycles. The first kappa shape index (κ1) is 11.6. The second kappa shape index (κ2) is 4.64. The topological polar surface area (TPSA) is 80.0 Å². The summed E-state index contributed by atoms with van der Waals surface area (Å²) < 4.78 is 11.2. The third-order valence-electron chi connectivity index (χ3n) is 3.16. The SMILES string of the molecule is NC1COc2cccc(N3CCNCC3O)c2O1. The predicted octanol–water partition coefficient (Wildman–Crippen LogP) is -0.529. The number of anilines is 1. The smallest absolute Gasteiger partial charge is 0.187 e. The van der Waals surface area contributed by atoms with Crippen LogP contribution in [0.3, 0.4) is 0 Å². The van der Waals surface area contributed by atoms with E-state index in [2.05, 4.69) is 5.32 Å². The van der Waals surface area contributed by atoms with Crippen LogP contribution in [0.4, 0.5) is 5.69 Å². The van der Waals surface area contributed by atoms with E-state index in [1.54, 1.807) is 0 Å². The first-order valence-corrected chi connectivity index (χ1v) is 6.09. The zero-order valence-corrected chi connectivity index (χ0v) is 10.0. The highest BCUT2D eigenvalue weighted by Crippen LogP contribution is 2.40. The molecule has 2 heterocycles. The van der Waals surface area contributed by atoms with E-state index >= 15 is 0 Å². The number of nitrogens with two attached hydrogens (primary N) is 1. The highest BCUT2D eigenvalue weighted by Gasteiger charge is 2.27. The van der Waals surface area contributed by atoms with Crippen LogP contribution in [0.25, 0.3) is 0 Å². The van der Waals surface area contributed by atoms with Gasteiger partial charge in [0.1, 0.15) is 12.8 Å². The fourth-order valence-corrected chi connectivity index (χ4v) is 2.29. The molecule has 6 heteroatoms. The van der Waals surface area contributed by atoms with Crippen molar-refractivity contribution in [2.24, 2.45) is 5.73 Å². The fraction of sp³-hybridized carbons (Fsp3) is 0.500. The molecule has 98 valence electrons. The van der Waals surface area contributed by atoms with Crippen molar-refractivity contribution in [2.75, 3.05) is 31.1 Å². The third-order valence-corrected chi connectivity index (χ3v) is 3.16. The van der Waals surface area contributed by atoms with Gasteiger partial charge in [-0.05, 0) is 12.1 Å². The van der Waals surface area contributed by atoms with Crippen molar-refractivity contribution in [1.82, 2.24) is 5.32 Å². The molecule has 1 aromatic carbocycles. The highest BCUT2D eigenvalue weighted by molar-refractivity contribution is 5.65. The number of nitrogens with one attached hydrogen (secondary N) is 1. The van der Waals surface area contributed by atoms with Gasteiger partial charge in [-0.2, -0.15) is 0 Å². The number of hydrogen-bond donors (Lipinski definition) is 3. The summed E-state index contributed by atoms with van der Waals surface area (Å²) in [5.41, 5.74) is 6.57. The first-order valence-electron chi connectivity index (χ1n) is 6.09. The number of aliphatic hydroxyl groups is 1. The molecule has 1 saturated heterocycles. The second-order valence-corrected chi connectivity index (χ2v) is 4.45. The normalized spacial score (nSPS) is 27.1. The summed E-state index contributed by atoms with van der Waals surface area (Å²) in [5.74, 6) is 1.30. The number of β-amino-alcohol motifs (C(OH)–C–C–N with tert-alkyl or cyclic N) is 1. The van der Waals surface area contributed by atoms with Crippen LogP contribution in [0.5, 0.6) is 11.5 Å². The molecule has 0 aliphatic carbocycles. The highest BCUT2D eigenvalue weighted by atomic mass is 16.6. The van der Waals surface area contributed by atoms with Crippen LogP contribution in [0.1, 0.15) is 0 Å². The minimum Gasteiger partial charge on any atom is -0.484 e. The Bertz CT molecular complexity index is 441. The summed E-state index contributed by atoms with van der Waals surface area (Å²) in [6, 6.07) is 5.65. The van der Waals surface area contributed by atoms with Gasteiger partial charge in [0, 0.05) is 19.6 Å². The number of nitrogens with zero attached hydrogens (tertiary/aromatic N) is 1. The number of ether oxygens (including phenoxy) is 2. The van der Waals surface area contributed by atoms with Crippen molar-refractivity contribution in [1.29, 1.82) is 0 Å². The molecule has 0 bridgehead atoms. The molecular formula is C12H17N3O3. The van der Waals surface area contributed by atoms with E-state index in [9.17, 15) is 5.11 Å². The Morgan fingerprint density at radius 3 is 3.17 bits per heavy atom. The maximum Gasteiger partial charge on any atom is 0.187 e. The van der Waals surface area contributed by atoms with E-state index in [0.717, 1.165) is 18.8 Å². The molecule has 18 heavy (non-hydrogen) atoms. The van der Waals surface area contributed by atoms with Crippen LogP contribution in [-0.2, 0) is 0 Å². The van der Waals surface area contributed by atoms with Crippen molar-refractivity contribution >= 4 is 5.69 Å². The van der Waals surface area contributed by atoms with Crippen LogP contribution in [0, 0.1) is 0 Å². The lowest BCUT2D eigenvalue weighted by molar-refractivity contribution is 0.0940. The Balaban J connectivity index is 1.96. The Morgan fingerprint density at radius 2 is 2.33 bits per heavy atom. The third kappa shape index (κ3) is 1.98. The average Bonchev–Trinajstić information content (AvgIpc) is 2.39. The maximum absolute atomic E-state index is 10.0. The van der Waals surface area contributed by atoms with Gasteiger partial charge in [-0.15, -0.1) is 0 Å². The molecule has 2 aliphatic rings. The maximum atomic E-state index is 10.0. The van der Waals surface area contributed by atoms with E-state index in [-0.39, 0.29) is 0 Å². The van der Waals surface area contributed by atoms with Crippen LogP contribution in [-0.4, -0.2) is 43.8 Å². The van der Waals surface area contributed by atoms with Gasteiger partial charge >= 0.3 is 0 Å². The minimum atomic E-state index is -0.563. The molecule has 0 spiro atoms. The molecule has 6 nitrogen and oxygen atoms in total. The van der Waals surface area contributed by atoms with Crippen molar-refractivity contribution in [3.63, 3.8) is 0 Å². The predicted molar refractivity (Wildman–Crippen MR) is 66.8 cm³/mol. The molecule has 1 fully saturated rings. The summed E-state index contributed by atoms with van der Waals surface area (Å²) >= 11 is 0. The lowest BCUT2D eigenvalue weighted by Gasteiger charge is -2.37. The van der Waals surface area contributed by atoms with Crippen molar-refractivity contribution < 1.29 is 14.6 Å². The number of benzene rings is 1. The molecule has 2 aliphatic heterocycles. The van der Waals surface area contributed by atoms with Crippen molar-refractivity contribution in [2.45, 2.75) is 12.5 Å². The lowest BCUT2D eigenvalue weighted by Crippen LogP contribution is -2.51. The van der Waals surface area contributed by atoms with Gasteiger partial charge in [0.15, 0.2) is 17.7 Å². The minimum absolute atomic E-state index is 0.348. The van der Waals surface area contributed by atoms with Crippen LogP contribution >= 0.6 is 0 Å². The van der Waals surface area contributed by atoms with Gasteiger partial charge in [0.05, 0.1) is 5.69 Å². The van der Waals surface area contributed by atoms with Gasteiger partial charge < -0.3 is 24.8 Å². The average molecular weight is 251 g/mol. The standard InChI is InChI=1S/C12H17N3O3/c13-10-7-17-9-3-1-2-8(12(9)18-10)15-5-4-14-6-11(15)16/h1-3,10-11,14,16H,4-7,13H2. The molecule has 0 aromatic heterocycles. The molecule has 3 rings (SSSR count). The van der Waals surface area contributed by atoms with Gasteiger partial charge in [-0.25, -0.2) is 0 Å². The van der Waals surface area contributed by atoms with E-state index in [4.69, 9.17) is 15.2 Å². The zero-order valence-electron chi connectivity index (χ0n) is 10.0. The summed E-state index contributed by atoms with van der Waals surface area (Å²) in [4.78, 5) is 1.90. The lowest BCUT2D eigenvalue weighted by atomic mass is 10.2. The quantitative estimate of drug-likeness (QED) is 0.623. The summed E-state index contributed by atoms with van der Waals surface area (Å²) in [7, 11) is 0. The Hall–Kier alpha value is -1.50. The Labute approximate surface area is 105 Å². The second-order valence-electron chi connectivity index (χ2n) is 4.45. The van der Waals surface area contributed by atoms with Crippen molar-refractivity contribution in [3.8, 4) is 11.5 Å².